The fraction of sp³-hybridized carbons (Fsp3) is 0.500. The second kappa shape index (κ2) is 7.08. The number of tetrazole rings is 1. The van der Waals surface area contributed by atoms with Gasteiger partial charge in [-0.3, -0.25) is 9.78 Å². The Morgan fingerprint density at radius 3 is 3.09 bits per heavy atom. The highest BCUT2D eigenvalue weighted by molar-refractivity contribution is 5.75. The second-order valence-corrected chi connectivity index (χ2v) is 5.24. The number of pyridine rings is 1. The lowest BCUT2D eigenvalue weighted by Crippen LogP contribution is -2.39. The van der Waals surface area contributed by atoms with Crippen LogP contribution in [0.5, 0.6) is 0 Å². The van der Waals surface area contributed by atoms with E-state index in [9.17, 15) is 4.79 Å². The summed E-state index contributed by atoms with van der Waals surface area (Å²) in [6.45, 7) is 1.91. The van der Waals surface area contributed by atoms with Gasteiger partial charge in [0.25, 0.3) is 0 Å². The van der Waals surface area contributed by atoms with Crippen molar-refractivity contribution in [1.29, 1.82) is 0 Å². The van der Waals surface area contributed by atoms with E-state index in [-0.39, 0.29) is 18.6 Å². The van der Waals surface area contributed by atoms with Crippen LogP contribution in [0.4, 0.5) is 0 Å². The number of hydrogen-bond donors (Lipinski definition) is 0. The summed E-state index contributed by atoms with van der Waals surface area (Å²) in [5, 5.41) is 10.8. The summed E-state index contributed by atoms with van der Waals surface area (Å²) < 4.78 is 7.06. The van der Waals surface area contributed by atoms with Crippen LogP contribution in [0.3, 0.4) is 0 Å². The minimum absolute atomic E-state index is 0.0477. The van der Waals surface area contributed by atoms with Crippen molar-refractivity contribution in [2.45, 2.75) is 32.0 Å². The standard InChI is InChI=1S/C14H18N6O2/c21-14(10-20-11-16-17-18-20)19(9-13-5-3-7-22-13)8-12-4-1-2-6-15-12/h1-2,4,6,11,13H,3,5,7-10H2/t13-/m1/s1. The third-order valence-electron chi connectivity index (χ3n) is 3.57. The maximum atomic E-state index is 12.5. The third-order valence-corrected chi connectivity index (χ3v) is 3.57. The molecule has 1 fully saturated rings. The van der Waals surface area contributed by atoms with Gasteiger partial charge in [0, 0.05) is 19.3 Å². The molecule has 2 aromatic heterocycles. The molecular formula is C14H18N6O2. The van der Waals surface area contributed by atoms with Gasteiger partial charge in [0.1, 0.15) is 12.9 Å². The summed E-state index contributed by atoms with van der Waals surface area (Å²) in [6.07, 6.45) is 5.29. The van der Waals surface area contributed by atoms with Gasteiger partial charge in [0.2, 0.25) is 5.91 Å². The molecule has 1 aliphatic rings. The molecule has 0 aromatic carbocycles. The molecule has 3 heterocycles. The Labute approximate surface area is 128 Å². The van der Waals surface area contributed by atoms with Crippen LogP contribution < -0.4 is 0 Å². The number of hydrogen-bond acceptors (Lipinski definition) is 6. The molecule has 0 saturated carbocycles. The minimum atomic E-state index is -0.0477. The first-order valence-corrected chi connectivity index (χ1v) is 7.31. The highest BCUT2D eigenvalue weighted by Gasteiger charge is 2.23. The Kier molecular flexibility index (Phi) is 4.69. The van der Waals surface area contributed by atoms with Gasteiger partial charge >= 0.3 is 0 Å². The quantitative estimate of drug-likeness (QED) is 0.761. The summed E-state index contributed by atoms with van der Waals surface area (Å²) in [5.74, 6) is -0.0477. The lowest BCUT2D eigenvalue weighted by molar-refractivity contribution is -0.134. The van der Waals surface area contributed by atoms with Crippen LogP contribution in [0.2, 0.25) is 0 Å². The number of carbonyl (C=O) groups excluding carboxylic acids is 1. The van der Waals surface area contributed by atoms with Crippen LogP contribution in [0.1, 0.15) is 18.5 Å². The van der Waals surface area contributed by atoms with Crippen molar-refractivity contribution in [2.75, 3.05) is 13.2 Å². The molecule has 0 bridgehead atoms. The number of rotatable bonds is 6. The van der Waals surface area contributed by atoms with Gasteiger partial charge in [-0.05, 0) is 35.4 Å². The Morgan fingerprint density at radius 1 is 1.45 bits per heavy atom. The maximum Gasteiger partial charge on any atom is 0.244 e. The number of carbonyl (C=O) groups is 1. The topological polar surface area (TPSA) is 86.0 Å². The first-order valence-electron chi connectivity index (χ1n) is 7.31. The van der Waals surface area contributed by atoms with Crippen LogP contribution in [-0.4, -0.2) is 55.3 Å². The van der Waals surface area contributed by atoms with Crippen LogP contribution in [0.25, 0.3) is 0 Å². The summed E-state index contributed by atoms with van der Waals surface area (Å²) in [7, 11) is 0. The highest BCUT2D eigenvalue weighted by Crippen LogP contribution is 2.15. The average Bonchev–Trinajstić information content (AvgIpc) is 3.21. The minimum Gasteiger partial charge on any atom is -0.376 e. The lowest BCUT2D eigenvalue weighted by atomic mass is 10.2. The predicted molar refractivity (Wildman–Crippen MR) is 76.4 cm³/mol. The van der Waals surface area contributed by atoms with Crippen molar-refractivity contribution in [2.24, 2.45) is 0 Å². The second-order valence-electron chi connectivity index (χ2n) is 5.24. The number of nitrogens with zero attached hydrogens (tertiary/aromatic N) is 6. The number of aromatic nitrogens is 5. The fourth-order valence-corrected chi connectivity index (χ4v) is 2.47. The molecule has 8 heteroatoms. The summed E-state index contributed by atoms with van der Waals surface area (Å²) in [4.78, 5) is 18.6. The summed E-state index contributed by atoms with van der Waals surface area (Å²) >= 11 is 0. The molecule has 1 saturated heterocycles. The molecule has 3 rings (SSSR count). The lowest BCUT2D eigenvalue weighted by Gasteiger charge is -2.25. The molecule has 0 aliphatic carbocycles. The van der Waals surface area contributed by atoms with E-state index in [4.69, 9.17) is 4.74 Å². The first kappa shape index (κ1) is 14.6. The molecule has 1 aliphatic heterocycles. The van der Waals surface area contributed by atoms with Crippen molar-refractivity contribution in [3.05, 3.63) is 36.4 Å². The Bertz CT molecular complexity index is 583. The molecule has 0 N–H and O–H groups in total. The fourth-order valence-electron chi connectivity index (χ4n) is 2.47. The van der Waals surface area contributed by atoms with Crippen LogP contribution in [0, 0.1) is 0 Å². The molecule has 116 valence electrons. The molecule has 8 nitrogen and oxygen atoms in total. The monoisotopic (exact) mass is 302 g/mol. The Hall–Kier alpha value is -2.35. The maximum absolute atomic E-state index is 12.5. The summed E-state index contributed by atoms with van der Waals surface area (Å²) in [5.41, 5.74) is 0.852. The van der Waals surface area contributed by atoms with Gasteiger partial charge in [-0.15, -0.1) is 5.10 Å². The van der Waals surface area contributed by atoms with Crippen molar-refractivity contribution in [1.82, 2.24) is 30.1 Å². The summed E-state index contributed by atoms with van der Waals surface area (Å²) in [6, 6.07) is 5.68. The molecule has 22 heavy (non-hydrogen) atoms. The van der Waals surface area contributed by atoms with E-state index >= 15 is 0 Å². The largest absolute Gasteiger partial charge is 0.376 e. The smallest absolute Gasteiger partial charge is 0.244 e. The van der Waals surface area contributed by atoms with E-state index in [0.29, 0.717) is 13.1 Å². The molecule has 1 atom stereocenters. The Balaban J connectivity index is 1.68. The first-order chi connectivity index (χ1) is 10.8. The highest BCUT2D eigenvalue weighted by atomic mass is 16.5. The number of ether oxygens (including phenoxy) is 1. The SMILES string of the molecule is O=C(Cn1cnnn1)N(Cc1ccccn1)C[C@H]1CCCO1. The van der Waals surface area contributed by atoms with E-state index in [1.165, 1.54) is 11.0 Å². The van der Waals surface area contributed by atoms with Crippen LogP contribution >= 0.6 is 0 Å². The molecule has 0 unspecified atom stereocenters. The van der Waals surface area contributed by atoms with E-state index < -0.39 is 0 Å². The predicted octanol–water partition coefficient (Wildman–Crippen LogP) is 0.276. The van der Waals surface area contributed by atoms with Crippen LogP contribution in [0.15, 0.2) is 30.7 Å². The van der Waals surface area contributed by atoms with Crippen molar-refractivity contribution < 1.29 is 9.53 Å². The van der Waals surface area contributed by atoms with Crippen molar-refractivity contribution in [3.8, 4) is 0 Å². The zero-order valence-electron chi connectivity index (χ0n) is 12.2. The third kappa shape index (κ3) is 3.85. The molecule has 2 aromatic rings. The Morgan fingerprint density at radius 2 is 2.41 bits per heavy atom. The van der Waals surface area contributed by atoms with Gasteiger partial charge in [0.05, 0.1) is 18.3 Å². The van der Waals surface area contributed by atoms with E-state index in [1.807, 2.05) is 18.2 Å². The normalized spacial score (nSPS) is 17.5. The van der Waals surface area contributed by atoms with Gasteiger partial charge in [0.15, 0.2) is 0 Å². The van der Waals surface area contributed by atoms with Gasteiger partial charge in [-0.2, -0.15) is 0 Å². The average molecular weight is 302 g/mol. The van der Waals surface area contributed by atoms with E-state index in [2.05, 4.69) is 20.5 Å². The number of amides is 1. The van der Waals surface area contributed by atoms with Gasteiger partial charge in [-0.25, -0.2) is 4.68 Å². The zero-order valence-corrected chi connectivity index (χ0v) is 12.2. The molecule has 0 radical (unpaired) electrons. The molecular weight excluding hydrogens is 284 g/mol. The molecule has 0 spiro atoms. The van der Waals surface area contributed by atoms with E-state index in [1.54, 1.807) is 11.1 Å². The van der Waals surface area contributed by atoms with Crippen molar-refractivity contribution in [3.63, 3.8) is 0 Å². The van der Waals surface area contributed by atoms with Gasteiger partial charge in [-0.1, -0.05) is 6.07 Å². The van der Waals surface area contributed by atoms with E-state index in [0.717, 1.165) is 25.1 Å². The zero-order chi connectivity index (χ0) is 15.2. The van der Waals surface area contributed by atoms with Gasteiger partial charge < -0.3 is 9.64 Å². The van der Waals surface area contributed by atoms with Crippen molar-refractivity contribution >= 4 is 5.91 Å². The molecule has 1 amide bonds. The van der Waals surface area contributed by atoms with Crippen LogP contribution in [-0.2, 0) is 22.6 Å².